The van der Waals surface area contributed by atoms with E-state index in [2.05, 4.69) is 9.98 Å². The Kier molecular flexibility index (Phi) is 4.77. The van der Waals surface area contributed by atoms with E-state index in [1.807, 2.05) is 11.5 Å². The van der Waals surface area contributed by atoms with Crippen molar-refractivity contribution in [1.29, 1.82) is 0 Å². The summed E-state index contributed by atoms with van der Waals surface area (Å²) in [5.41, 5.74) is 1.49. The highest BCUT2D eigenvalue weighted by atomic mass is 35.5. The van der Waals surface area contributed by atoms with Crippen molar-refractivity contribution in [2.75, 3.05) is 4.90 Å². The number of benzene rings is 1. The van der Waals surface area contributed by atoms with Gasteiger partial charge in [0.1, 0.15) is 11.5 Å². The summed E-state index contributed by atoms with van der Waals surface area (Å²) in [5, 5.41) is 0.568. The third-order valence-corrected chi connectivity index (χ3v) is 4.52. The molecule has 134 valence electrons. The molecule has 25 heavy (non-hydrogen) atoms. The molecule has 3 rings (SSSR count). The van der Waals surface area contributed by atoms with E-state index in [-0.39, 0.29) is 6.42 Å². The minimum Gasteiger partial charge on any atom is -0.324 e. The van der Waals surface area contributed by atoms with Gasteiger partial charge in [-0.2, -0.15) is 13.2 Å². The highest BCUT2D eigenvalue weighted by Gasteiger charge is 2.38. The number of imidazole rings is 1. The van der Waals surface area contributed by atoms with Crippen LogP contribution in [-0.2, 0) is 13.1 Å². The molecule has 0 saturated heterocycles. The van der Waals surface area contributed by atoms with Crippen LogP contribution in [0.1, 0.15) is 26.0 Å². The first-order valence-electron chi connectivity index (χ1n) is 8.01. The molecular weight excluding hydrogens is 353 g/mol. The van der Waals surface area contributed by atoms with Crippen LogP contribution in [0.2, 0.25) is 5.02 Å². The Balaban J connectivity index is 2.00. The van der Waals surface area contributed by atoms with E-state index >= 15 is 0 Å². The maximum Gasteiger partial charge on any atom is 0.391 e. The van der Waals surface area contributed by atoms with Gasteiger partial charge >= 0.3 is 6.18 Å². The lowest BCUT2D eigenvalue weighted by Gasteiger charge is -2.31. The fourth-order valence-corrected chi connectivity index (χ4v) is 2.85. The number of rotatable bonds is 4. The number of nitrogens with zero attached hydrogens (tertiary/aromatic N) is 4. The molecule has 0 saturated carbocycles. The largest absolute Gasteiger partial charge is 0.391 e. The molecular formula is C17H18ClF3N4. The van der Waals surface area contributed by atoms with Gasteiger partial charge in [-0.1, -0.05) is 18.5 Å². The lowest BCUT2D eigenvalue weighted by Crippen LogP contribution is -2.36. The van der Waals surface area contributed by atoms with Crippen molar-refractivity contribution in [2.24, 2.45) is 10.9 Å². The van der Waals surface area contributed by atoms with Gasteiger partial charge in [0.05, 0.1) is 18.8 Å². The van der Waals surface area contributed by atoms with Crippen LogP contribution >= 0.6 is 11.6 Å². The standard InChI is InChI=1S/C17H18ClF3N4/c1-3-24-10-22-14-9-25(13-6-4-12(18)5-7-13)15(23-16(14)24)8-11(2)17(19,20)21/h4-7,10-11H,3,8-9H2,1-2H3. The number of hydrogen-bond acceptors (Lipinski definition) is 3. The van der Waals surface area contributed by atoms with Crippen molar-refractivity contribution in [1.82, 2.24) is 9.55 Å². The second-order valence-electron chi connectivity index (χ2n) is 6.04. The zero-order valence-electron chi connectivity index (χ0n) is 13.9. The number of aliphatic imine (C=N–C) groups is 1. The number of hydrogen-bond donors (Lipinski definition) is 0. The van der Waals surface area contributed by atoms with Gasteiger partial charge in [0.15, 0.2) is 5.82 Å². The van der Waals surface area contributed by atoms with Crippen LogP contribution in [0.3, 0.4) is 0 Å². The van der Waals surface area contributed by atoms with E-state index < -0.39 is 12.1 Å². The SMILES string of the molecule is CCn1cnc2c1N=C(CC(C)C(F)(F)F)N(c1ccc(Cl)cc1)C2. The predicted molar refractivity (Wildman–Crippen MR) is 92.5 cm³/mol. The van der Waals surface area contributed by atoms with Gasteiger partial charge in [0, 0.05) is 23.7 Å². The number of anilines is 1. The summed E-state index contributed by atoms with van der Waals surface area (Å²) in [6.07, 6.45) is -2.79. The molecule has 2 heterocycles. The summed E-state index contributed by atoms with van der Waals surface area (Å²) in [4.78, 5) is 10.6. The summed E-state index contributed by atoms with van der Waals surface area (Å²) in [6.45, 7) is 4.17. The quantitative estimate of drug-likeness (QED) is 0.741. The van der Waals surface area contributed by atoms with Gasteiger partial charge in [0.25, 0.3) is 0 Å². The first-order valence-corrected chi connectivity index (χ1v) is 8.38. The number of amidine groups is 1. The van der Waals surface area contributed by atoms with Gasteiger partial charge in [-0.15, -0.1) is 0 Å². The molecule has 0 fully saturated rings. The van der Waals surface area contributed by atoms with Crippen molar-refractivity contribution in [3.8, 4) is 0 Å². The van der Waals surface area contributed by atoms with E-state index in [0.29, 0.717) is 29.8 Å². The molecule has 2 aromatic rings. The topological polar surface area (TPSA) is 33.4 Å². The first kappa shape index (κ1) is 17.8. The van der Waals surface area contributed by atoms with Crippen LogP contribution in [-0.4, -0.2) is 21.6 Å². The van der Waals surface area contributed by atoms with Crippen LogP contribution in [0, 0.1) is 5.92 Å². The minimum atomic E-state index is -4.26. The smallest absolute Gasteiger partial charge is 0.324 e. The van der Waals surface area contributed by atoms with E-state index in [4.69, 9.17) is 11.6 Å². The van der Waals surface area contributed by atoms with Crippen molar-refractivity contribution in [3.05, 3.63) is 41.3 Å². The zero-order valence-corrected chi connectivity index (χ0v) is 14.6. The number of aromatic nitrogens is 2. The molecule has 4 nitrogen and oxygen atoms in total. The second kappa shape index (κ2) is 6.71. The molecule has 1 unspecified atom stereocenters. The first-order chi connectivity index (χ1) is 11.8. The summed E-state index contributed by atoms with van der Waals surface area (Å²) in [6, 6.07) is 6.97. The lowest BCUT2D eigenvalue weighted by molar-refractivity contribution is -0.167. The normalized spacial score (nSPS) is 15.8. The fraction of sp³-hybridized carbons (Fsp3) is 0.412. The molecule has 1 aromatic carbocycles. The van der Waals surface area contributed by atoms with Gasteiger partial charge < -0.3 is 9.47 Å². The molecule has 1 aliphatic rings. The summed E-state index contributed by atoms with van der Waals surface area (Å²) in [7, 11) is 0. The van der Waals surface area contributed by atoms with E-state index in [1.54, 1.807) is 35.5 Å². The molecule has 0 N–H and O–H groups in total. The van der Waals surface area contributed by atoms with E-state index in [0.717, 1.165) is 11.4 Å². The fourth-order valence-electron chi connectivity index (χ4n) is 2.72. The molecule has 0 amide bonds. The highest BCUT2D eigenvalue weighted by Crippen LogP contribution is 2.34. The summed E-state index contributed by atoms with van der Waals surface area (Å²) < 4.78 is 41.0. The lowest BCUT2D eigenvalue weighted by atomic mass is 10.0. The average molecular weight is 371 g/mol. The van der Waals surface area contributed by atoms with Crippen LogP contribution in [0.5, 0.6) is 0 Å². The van der Waals surface area contributed by atoms with Crippen LogP contribution < -0.4 is 4.90 Å². The number of halogens is 4. The van der Waals surface area contributed by atoms with E-state index in [9.17, 15) is 13.2 Å². The van der Waals surface area contributed by atoms with Crippen LogP contribution in [0.25, 0.3) is 0 Å². The third-order valence-electron chi connectivity index (χ3n) is 4.26. The maximum absolute atomic E-state index is 13.1. The molecule has 1 aromatic heterocycles. The molecule has 0 bridgehead atoms. The second-order valence-corrected chi connectivity index (χ2v) is 6.47. The van der Waals surface area contributed by atoms with E-state index in [1.165, 1.54) is 6.92 Å². The number of alkyl halides is 3. The van der Waals surface area contributed by atoms with Gasteiger partial charge in [-0.25, -0.2) is 9.98 Å². The monoisotopic (exact) mass is 370 g/mol. The van der Waals surface area contributed by atoms with Crippen molar-refractivity contribution in [3.63, 3.8) is 0 Å². The van der Waals surface area contributed by atoms with Crippen LogP contribution in [0.15, 0.2) is 35.6 Å². The summed E-state index contributed by atoms with van der Waals surface area (Å²) >= 11 is 5.92. The zero-order chi connectivity index (χ0) is 18.2. The molecule has 8 heteroatoms. The molecule has 0 spiro atoms. The Morgan fingerprint density at radius 1 is 1.24 bits per heavy atom. The molecule has 1 aliphatic heterocycles. The Morgan fingerprint density at radius 3 is 2.52 bits per heavy atom. The third kappa shape index (κ3) is 3.66. The van der Waals surface area contributed by atoms with Gasteiger partial charge in [-0.3, -0.25) is 0 Å². The highest BCUT2D eigenvalue weighted by molar-refractivity contribution is 6.30. The minimum absolute atomic E-state index is 0.194. The molecule has 1 atom stereocenters. The average Bonchev–Trinajstić information content (AvgIpc) is 2.96. The van der Waals surface area contributed by atoms with Crippen molar-refractivity contribution in [2.45, 2.75) is 39.5 Å². The summed E-state index contributed by atoms with van der Waals surface area (Å²) in [5.74, 6) is -0.465. The predicted octanol–water partition coefficient (Wildman–Crippen LogP) is 5.20. The van der Waals surface area contributed by atoms with Gasteiger partial charge in [-0.05, 0) is 31.2 Å². The molecule has 0 aliphatic carbocycles. The van der Waals surface area contributed by atoms with Crippen molar-refractivity contribution < 1.29 is 13.2 Å². The Morgan fingerprint density at radius 2 is 1.92 bits per heavy atom. The Labute approximate surface area is 148 Å². The Bertz CT molecular complexity index is 780. The number of aryl methyl sites for hydroxylation is 1. The van der Waals surface area contributed by atoms with Crippen molar-refractivity contribution >= 4 is 28.9 Å². The molecule has 0 radical (unpaired) electrons. The maximum atomic E-state index is 13.1. The van der Waals surface area contributed by atoms with Gasteiger partial charge in [0.2, 0.25) is 0 Å². The van der Waals surface area contributed by atoms with Crippen LogP contribution in [0.4, 0.5) is 24.7 Å². The number of fused-ring (bicyclic) bond motifs is 1. The Hall–Kier alpha value is -2.02.